The van der Waals surface area contributed by atoms with Gasteiger partial charge in [0.1, 0.15) is 5.82 Å². The smallest absolute Gasteiger partial charge is 0.148 e. The van der Waals surface area contributed by atoms with Crippen LogP contribution in [0.5, 0.6) is 0 Å². The van der Waals surface area contributed by atoms with E-state index in [0.717, 1.165) is 27.4 Å². The van der Waals surface area contributed by atoms with E-state index in [2.05, 4.69) is 15.4 Å². The van der Waals surface area contributed by atoms with Gasteiger partial charge in [0.15, 0.2) is 0 Å². The van der Waals surface area contributed by atoms with Crippen molar-refractivity contribution in [2.24, 2.45) is 7.05 Å². The Hall–Kier alpha value is -1.94. The Kier molecular flexibility index (Phi) is 2.72. The molecule has 3 rings (SSSR count). The Bertz CT molecular complexity index is 683. The Morgan fingerprint density at radius 3 is 2.89 bits per heavy atom. The second-order valence-corrected chi connectivity index (χ2v) is 4.57. The van der Waals surface area contributed by atoms with Crippen LogP contribution in [0, 0.1) is 0 Å². The highest BCUT2D eigenvalue weighted by Gasteiger charge is 2.08. The van der Waals surface area contributed by atoms with E-state index in [1.54, 1.807) is 4.68 Å². The maximum absolute atomic E-state index is 6.33. The van der Waals surface area contributed by atoms with Crippen molar-refractivity contribution >= 4 is 28.3 Å². The number of hydrogen-bond acceptors (Lipinski definition) is 2. The minimum atomic E-state index is 0.629. The molecule has 0 spiro atoms. The molecular weight excluding hydrogens is 248 g/mol. The van der Waals surface area contributed by atoms with Crippen molar-refractivity contribution in [3.05, 3.63) is 47.2 Å². The van der Waals surface area contributed by atoms with E-state index in [1.807, 2.05) is 43.6 Å². The topological polar surface area (TPSA) is 45.6 Å². The summed E-state index contributed by atoms with van der Waals surface area (Å²) in [4.78, 5) is 3.31. The normalized spacial score (nSPS) is 11.0. The average Bonchev–Trinajstić information content (AvgIpc) is 2.92. The number of nitrogens with one attached hydrogen (secondary N) is 2. The fourth-order valence-corrected chi connectivity index (χ4v) is 2.25. The van der Waals surface area contributed by atoms with E-state index in [9.17, 15) is 0 Å². The van der Waals surface area contributed by atoms with Gasteiger partial charge in [-0.1, -0.05) is 29.8 Å². The lowest BCUT2D eigenvalue weighted by Crippen LogP contribution is -2.01. The molecule has 5 heteroatoms. The summed E-state index contributed by atoms with van der Waals surface area (Å²) in [5.41, 5.74) is 2.03. The van der Waals surface area contributed by atoms with Crippen molar-refractivity contribution in [1.29, 1.82) is 0 Å². The van der Waals surface area contributed by atoms with Crippen LogP contribution in [0.1, 0.15) is 5.69 Å². The maximum atomic E-state index is 6.33. The van der Waals surface area contributed by atoms with Gasteiger partial charge in [0, 0.05) is 30.2 Å². The molecule has 3 aromatic rings. The largest absolute Gasteiger partial charge is 0.363 e. The maximum Gasteiger partial charge on any atom is 0.148 e. The number of fused-ring (bicyclic) bond motifs is 1. The Morgan fingerprint density at radius 2 is 2.17 bits per heavy atom. The molecule has 0 aliphatic carbocycles. The van der Waals surface area contributed by atoms with E-state index in [4.69, 9.17) is 11.6 Å². The third kappa shape index (κ3) is 1.95. The van der Waals surface area contributed by atoms with Crippen molar-refractivity contribution in [3.8, 4) is 0 Å². The zero-order chi connectivity index (χ0) is 12.5. The summed E-state index contributed by atoms with van der Waals surface area (Å²) in [6.45, 7) is 0.629. The third-order valence-electron chi connectivity index (χ3n) is 2.87. The van der Waals surface area contributed by atoms with Gasteiger partial charge in [-0.3, -0.25) is 4.68 Å². The lowest BCUT2D eigenvalue weighted by molar-refractivity contribution is 0.768. The van der Waals surface area contributed by atoms with Crippen LogP contribution in [-0.4, -0.2) is 14.8 Å². The molecule has 2 aromatic heterocycles. The molecule has 0 amide bonds. The molecular formula is C13H13ClN4. The number of para-hydroxylation sites is 1. The van der Waals surface area contributed by atoms with Crippen LogP contribution in [0.2, 0.25) is 5.02 Å². The molecule has 0 bridgehead atoms. The van der Waals surface area contributed by atoms with Crippen molar-refractivity contribution in [3.63, 3.8) is 0 Å². The van der Waals surface area contributed by atoms with Gasteiger partial charge >= 0.3 is 0 Å². The number of aromatic amines is 1. The van der Waals surface area contributed by atoms with Crippen molar-refractivity contribution in [2.45, 2.75) is 6.54 Å². The Labute approximate surface area is 110 Å². The van der Waals surface area contributed by atoms with Crippen LogP contribution in [0.15, 0.2) is 36.5 Å². The van der Waals surface area contributed by atoms with E-state index < -0.39 is 0 Å². The van der Waals surface area contributed by atoms with Gasteiger partial charge in [-0.05, 0) is 6.07 Å². The lowest BCUT2D eigenvalue weighted by atomic mass is 10.2. The number of halogens is 1. The number of aromatic nitrogens is 3. The van der Waals surface area contributed by atoms with Crippen LogP contribution < -0.4 is 5.32 Å². The first-order valence-corrected chi connectivity index (χ1v) is 6.10. The molecule has 18 heavy (non-hydrogen) atoms. The second-order valence-electron chi connectivity index (χ2n) is 4.19. The standard InChI is InChI=1S/C13H13ClN4/c1-18-7-6-12(17-18)15-8-11-13(14)9-4-2-3-5-10(9)16-11/h2-7,16H,8H2,1H3,(H,15,17). The van der Waals surface area contributed by atoms with Crippen LogP contribution in [0.3, 0.4) is 0 Å². The van der Waals surface area contributed by atoms with Gasteiger partial charge in [-0.15, -0.1) is 0 Å². The number of benzene rings is 1. The second kappa shape index (κ2) is 4.38. The predicted molar refractivity (Wildman–Crippen MR) is 73.8 cm³/mol. The summed E-state index contributed by atoms with van der Waals surface area (Å²) in [7, 11) is 1.89. The molecule has 0 radical (unpaired) electrons. The van der Waals surface area contributed by atoms with Crippen LogP contribution in [0.25, 0.3) is 10.9 Å². The quantitative estimate of drug-likeness (QED) is 0.760. The molecule has 0 aliphatic rings. The van der Waals surface area contributed by atoms with Gasteiger partial charge in [0.2, 0.25) is 0 Å². The Morgan fingerprint density at radius 1 is 1.33 bits per heavy atom. The zero-order valence-corrected chi connectivity index (χ0v) is 10.7. The highest BCUT2D eigenvalue weighted by molar-refractivity contribution is 6.36. The third-order valence-corrected chi connectivity index (χ3v) is 3.31. The first-order valence-electron chi connectivity index (χ1n) is 5.72. The lowest BCUT2D eigenvalue weighted by Gasteiger charge is -2.01. The highest BCUT2D eigenvalue weighted by Crippen LogP contribution is 2.27. The van der Waals surface area contributed by atoms with Gasteiger partial charge in [0.25, 0.3) is 0 Å². The minimum absolute atomic E-state index is 0.629. The molecule has 0 atom stereocenters. The van der Waals surface area contributed by atoms with Gasteiger partial charge < -0.3 is 10.3 Å². The van der Waals surface area contributed by atoms with E-state index in [0.29, 0.717) is 6.54 Å². The fourth-order valence-electron chi connectivity index (χ4n) is 1.97. The van der Waals surface area contributed by atoms with E-state index >= 15 is 0 Å². The van der Waals surface area contributed by atoms with E-state index in [1.165, 1.54) is 0 Å². The summed E-state index contributed by atoms with van der Waals surface area (Å²) in [6, 6.07) is 9.93. The molecule has 0 unspecified atom stereocenters. The SMILES string of the molecule is Cn1ccc(NCc2[nH]c3ccccc3c2Cl)n1. The summed E-state index contributed by atoms with van der Waals surface area (Å²) >= 11 is 6.33. The molecule has 4 nitrogen and oxygen atoms in total. The molecule has 92 valence electrons. The van der Waals surface area contributed by atoms with Crippen LogP contribution in [0.4, 0.5) is 5.82 Å². The molecule has 0 saturated carbocycles. The number of rotatable bonds is 3. The molecule has 0 aliphatic heterocycles. The van der Waals surface area contributed by atoms with Gasteiger partial charge in [0.05, 0.1) is 17.3 Å². The monoisotopic (exact) mass is 260 g/mol. The predicted octanol–water partition coefficient (Wildman–Crippen LogP) is 3.17. The number of anilines is 1. The summed E-state index contributed by atoms with van der Waals surface area (Å²) in [5, 5.41) is 9.32. The number of H-pyrrole nitrogens is 1. The first-order chi connectivity index (χ1) is 8.74. The van der Waals surface area contributed by atoms with Crippen molar-refractivity contribution < 1.29 is 0 Å². The number of hydrogen-bond donors (Lipinski definition) is 2. The summed E-state index contributed by atoms with van der Waals surface area (Å²) in [6.07, 6.45) is 1.90. The zero-order valence-electron chi connectivity index (χ0n) is 9.94. The summed E-state index contributed by atoms with van der Waals surface area (Å²) in [5.74, 6) is 0.840. The molecule has 1 aromatic carbocycles. The summed E-state index contributed by atoms with van der Waals surface area (Å²) < 4.78 is 1.76. The highest BCUT2D eigenvalue weighted by atomic mass is 35.5. The molecule has 0 saturated heterocycles. The number of nitrogens with zero attached hydrogens (tertiary/aromatic N) is 2. The Balaban J connectivity index is 1.84. The molecule has 2 heterocycles. The average molecular weight is 261 g/mol. The minimum Gasteiger partial charge on any atom is -0.363 e. The molecule has 2 N–H and O–H groups in total. The van der Waals surface area contributed by atoms with Crippen molar-refractivity contribution in [2.75, 3.05) is 5.32 Å². The fraction of sp³-hybridized carbons (Fsp3) is 0.154. The molecule has 0 fully saturated rings. The number of aryl methyl sites for hydroxylation is 1. The van der Waals surface area contributed by atoms with Crippen LogP contribution >= 0.6 is 11.6 Å². The van der Waals surface area contributed by atoms with Crippen molar-refractivity contribution in [1.82, 2.24) is 14.8 Å². The van der Waals surface area contributed by atoms with Gasteiger partial charge in [-0.2, -0.15) is 5.10 Å². The van der Waals surface area contributed by atoms with Gasteiger partial charge in [-0.25, -0.2) is 0 Å². The van der Waals surface area contributed by atoms with E-state index in [-0.39, 0.29) is 0 Å². The van der Waals surface area contributed by atoms with Crippen LogP contribution in [-0.2, 0) is 13.6 Å². The first kappa shape index (κ1) is 11.2.